The average molecular weight is 243 g/mol. The summed E-state index contributed by atoms with van der Waals surface area (Å²) in [5.74, 6) is 0.440. The second kappa shape index (κ2) is 4.18. The number of hydrogen-bond donors (Lipinski definition) is 1. The number of rotatable bonds is 2. The van der Waals surface area contributed by atoms with Crippen LogP contribution in [0.5, 0.6) is 0 Å². The third-order valence-electron chi connectivity index (χ3n) is 3.02. The van der Waals surface area contributed by atoms with E-state index in [-0.39, 0.29) is 0 Å². The Morgan fingerprint density at radius 1 is 1.56 bits per heavy atom. The summed E-state index contributed by atoms with van der Waals surface area (Å²) in [4.78, 5) is 0.307. The van der Waals surface area contributed by atoms with Crippen LogP contribution in [0.25, 0.3) is 0 Å². The molecule has 1 unspecified atom stereocenters. The molecule has 1 fully saturated rings. The highest BCUT2D eigenvalue weighted by atomic mass is 32.2. The summed E-state index contributed by atoms with van der Waals surface area (Å²) in [5, 5.41) is 6.44. The number of sulfonamides is 1. The van der Waals surface area contributed by atoms with Crippen molar-refractivity contribution < 1.29 is 8.42 Å². The van der Waals surface area contributed by atoms with Gasteiger partial charge in [-0.1, -0.05) is 6.92 Å². The Labute approximate surface area is 95.9 Å². The Balaban J connectivity index is 2.29. The summed E-state index contributed by atoms with van der Waals surface area (Å²) >= 11 is 0. The minimum atomic E-state index is -3.34. The van der Waals surface area contributed by atoms with Crippen molar-refractivity contribution in [2.24, 2.45) is 5.92 Å². The fourth-order valence-corrected chi connectivity index (χ4v) is 3.82. The predicted molar refractivity (Wildman–Crippen MR) is 60.5 cm³/mol. The normalized spacial score (nSPS) is 23.5. The molecule has 0 spiro atoms. The first-order valence-electron chi connectivity index (χ1n) is 5.52. The smallest absolute Gasteiger partial charge is 0.246 e. The number of hydrogen-bond acceptors (Lipinski definition) is 3. The fourth-order valence-electron chi connectivity index (χ4n) is 2.10. The number of aromatic nitrogens is 2. The Bertz CT molecular complexity index is 466. The van der Waals surface area contributed by atoms with E-state index in [9.17, 15) is 8.42 Å². The molecule has 0 radical (unpaired) electrons. The lowest BCUT2D eigenvalue weighted by molar-refractivity contribution is 0.281. The predicted octanol–water partition coefficient (Wildman–Crippen LogP) is 1.14. The van der Waals surface area contributed by atoms with Gasteiger partial charge in [0.1, 0.15) is 4.90 Å². The van der Waals surface area contributed by atoms with E-state index < -0.39 is 10.0 Å². The van der Waals surface area contributed by atoms with Crippen LogP contribution >= 0.6 is 0 Å². The summed E-state index contributed by atoms with van der Waals surface area (Å²) in [6, 6.07) is 0. The monoisotopic (exact) mass is 243 g/mol. The van der Waals surface area contributed by atoms with E-state index in [2.05, 4.69) is 17.1 Å². The van der Waals surface area contributed by atoms with Crippen LogP contribution in [-0.4, -0.2) is 36.0 Å². The van der Waals surface area contributed by atoms with E-state index >= 15 is 0 Å². The maximum Gasteiger partial charge on any atom is 0.246 e. The second-order valence-corrected chi connectivity index (χ2v) is 6.38. The lowest BCUT2D eigenvalue weighted by atomic mass is 10.0. The van der Waals surface area contributed by atoms with Crippen molar-refractivity contribution in [3.63, 3.8) is 0 Å². The van der Waals surface area contributed by atoms with Gasteiger partial charge in [-0.15, -0.1) is 0 Å². The zero-order valence-electron chi connectivity index (χ0n) is 9.60. The summed E-state index contributed by atoms with van der Waals surface area (Å²) in [6.45, 7) is 5.06. The van der Waals surface area contributed by atoms with E-state index in [0.29, 0.717) is 29.6 Å². The molecule has 2 heterocycles. The van der Waals surface area contributed by atoms with Gasteiger partial charge >= 0.3 is 0 Å². The number of piperidine rings is 1. The minimum absolute atomic E-state index is 0.307. The molecule has 90 valence electrons. The van der Waals surface area contributed by atoms with Crippen molar-refractivity contribution in [2.45, 2.75) is 31.6 Å². The number of aryl methyl sites for hydroxylation is 1. The molecule has 2 rings (SSSR count). The van der Waals surface area contributed by atoms with E-state index in [0.717, 1.165) is 12.8 Å². The van der Waals surface area contributed by atoms with Crippen LogP contribution in [-0.2, 0) is 10.0 Å². The van der Waals surface area contributed by atoms with Gasteiger partial charge in [0.05, 0.1) is 11.9 Å². The minimum Gasteiger partial charge on any atom is -0.281 e. The third-order valence-corrected chi connectivity index (χ3v) is 5.00. The molecule has 0 aromatic carbocycles. The molecule has 1 N–H and O–H groups in total. The van der Waals surface area contributed by atoms with Crippen LogP contribution in [0.4, 0.5) is 0 Å². The molecule has 0 bridgehead atoms. The molecule has 1 atom stereocenters. The number of H-pyrrole nitrogens is 1. The number of nitrogens with zero attached hydrogens (tertiary/aromatic N) is 2. The number of nitrogens with one attached hydrogen (secondary N) is 1. The highest BCUT2D eigenvalue weighted by Gasteiger charge is 2.30. The molecule has 1 aliphatic heterocycles. The Morgan fingerprint density at radius 2 is 2.31 bits per heavy atom. The summed E-state index contributed by atoms with van der Waals surface area (Å²) in [6.07, 6.45) is 3.44. The fraction of sp³-hybridized carbons (Fsp3) is 0.700. The average Bonchev–Trinajstić information content (AvgIpc) is 2.65. The molecule has 1 aromatic heterocycles. The molecule has 0 saturated carbocycles. The van der Waals surface area contributed by atoms with Crippen LogP contribution in [0.3, 0.4) is 0 Å². The second-order valence-electron chi connectivity index (χ2n) is 4.47. The molecular weight excluding hydrogens is 226 g/mol. The van der Waals surface area contributed by atoms with Gasteiger partial charge in [0.15, 0.2) is 0 Å². The molecule has 5 nitrogen and oxygen atoms in total. The molecule has 1 saturated heterocycles. The molecule has 1 aliphatic rings. The molecular formula is C10H17N3O2S. The van der Waals surface area contributed by atoms with Crippen molar-refractivity contribution in [1.82, 2.24) is 14.5 Å². The standard InChI is InChI=1S/C10H17N3O2S/c1-8-4-3-5-13(7-8)16(14,15)10-6-11-12-9(10)2/h6,8H,3-5,7H2,1-2H3,(H,11,12). The maximum atomic E-state index is 12.3. The molecule has 0 aliphatic carbocycles. The van der Waals surface area contributed by atoms with E-state index in [1.165, 1.54) is 6.20 Å². The topological polar surface area (TPSA) is 66.1 Å². The van der Waals surface area contributed by atoms with Gasteiger partial charge in [-0.3, -0.25) is 5.10 Å². The first kappa shape index (κ1) is 11.6. The highest BCUT2D eigenvalue weighted by molar-refractivity contribution is 7.89. The van der Waals surface area contributed by atoms with Crippen LogP contribution < -0.4 is 0 Å². The maximum absolute atomic E-state index is 12.3. The molecule has 0 amide bonds. The lowest BCUT2D eigenvalue weighted by Crippen LogP contribution is -2.39. The van der Waals surface area contributed by atoms with Crippen molar-refractivity contribution >= 4 is 10.0 Å². The van der Waals surface area contributed by atoms with Crippen molar-refractivity contribution in [2.75, 3.05) is 13.1 Å². The Morgan fingerprint density at radius 3 is 2.88 bits per heavy atom. The van der Waals surface area contributed by atoms with E-state index in [1.54, 1.807) is 11.2 Å². The summed E-state index contributed by atoms with van der Waals surface area (Å²) in [5.41, 5.74) is 0.609. The van der Waals surface area contributed by atoms with Crippen molar-refractivity contribution in [3.8, 4) is 0 Å². The Kier molecular flexibility index (Phi) is 3.03. The van der Waals surface area contributed by atoms with Crippen LogP contribution in [0.15, 0.2) is 11.1 Å². The van der Waals surface area contributed by atoms with Crippen molar-refractivity contribution in [3.05, 3.63) is 11.9 Å². The van der Waals surface area contributed by atoms with Gasteiger partial charge in [-0.25, -0.2) is 8.42 Å². The van der Waals surface area contributed by atoms with Gasteiger partial charge in [-0.05, 0) is 25.7 Å². The molecule has 16 heavy (non-hydrogen) atoms. The van der Waals surface area contributed by atoms with Crippen molar-refractivity contribution in [1.29, 1.82) is 0 Å². The SMILES string of the molecule is Cc1[nH]ncc1S(=O)(=O)N1CCCC(C)C1. The van der Waals surface area contributed by atoms with Crippen LogP contribution in [0.1, 0.15) is 25.5 Å². The van der Waals surface area contributed by atoms with Gasteiger partial charge in [0.25, 0.3) is 0 Å². The first-order chi connectivity index (χ1) is 7.51. The lowest BCUT2D eigenvalue weighted by Gasteiger charge is -2.29. The Hall–Kier alpha value is -0.880. The summed E-state index contributed by atoms with van der Waals surface area (Å²) < 4.78 is 26.1. The zero-order valence-corrected chi connectivity index (χ0v) is 10.4. The molecule has 1 aromatic rings. The van der Waals surface area contributed by atoms with Gasteiger partial charge < -0.3 is 0 Å². The summed E-state index contributed by atoms with van der Waals surface area (Å²) in [7, 11) is -3.34. The third kappa shape index (κ3) is 1.99. The zero-order chi connectivity index (χ0) is 11.8. The largest absolute Gasteiger partial charge is 0.281 e. The van der Waals surface area contributed by atoms with E-state index in [4.69, 9.17) is 0 Å². The first-order valence-corrected chi connectivity index (χ1v) is 6.96. The quantitative estimate of drug-likeness (QED) is 0.847. The van der Waals surface area contributed by atoms with Crippen LogP contribution in [0.2, 0.25) is 0 Å². The van der Waals surface area contributed by atoms with E-state index in [1.807, 2.05) is 0 Å². The molecule has 6 heteroatoms. The van der Waals surface area contributed by atoms with Crippen LogP contribution in [0, 0.1) is 12.8 Å². The van der Waals surface area contributed by atoms with Gasteiger partial charge in [0, 0.05) is 13.1 Å². The number of aromatic amines is 1. The van der Waals surface area contributed by atoms with Gasteiger partial charge in [0.2, 0.25) is 10.0 Å². The van der Waals surface area contributed by atoms with Gasteiger partial charge in [-0.2, -0.15) is 9.40 Å². The highest BCUT2D eigenvalue weighted by Crippen LogP contribution is 2.24.